The number of fused-ring (bicyclic) bond motifs is 1. The van der Waals surface area contributed by atoms with Gasteiger partial charge in [0.1, 0.15) is 6.04 Å². The number of carbonyl (C=O) groups excluding carboxylic acids is 6. The summed E-state index contributed by atoms with van der Waals surface area (Å²) in [6.45, 7) is 3.14. The third kappa shape index (κ3) is 7.02. The Morgan fingerprint density at radius 1 is 0.868 bits per heavy atom. The van der Waals surface area contributed by atoms with Crippen molar-refractivity contribution in [2.24, 2.45) is 0 Å². The molecule has 0 aromatic heterocycles. The summed E-state index contributed by atoms with van der Waals surface area (Å²) in [4.78, 5) is 74.8. The highest BCUT2D eigenvalue weighted by Gasteiger charge is 2.36. The van der Waals surface area contributed by atoms with Crippen LogP contribution in [0.15, 0.2) is 48.5 Å². The van der Waals surface area contributed by atoms with Crippen LogP contribution in [-0.4, -0.2) is 72.7 Å². The van der Waals surface area contributed by atoms with Crippen LogP contribution in [0.5, 0.6) is 0 Å². The van der Waals surface area contributed by atoms with Gasteiger partial charge in [-0.3, -0.25) is 28.9 Å². The summed E-state index contributed by atoms with van der Waals surface area (Å²) in [7, 11) is 0. The molecule has 200 valence electrons. The zero-order valence-electron chi connectivity index (χ0n) is 21.2. The quantitative estimate of drug-likeness (QED) is 0.297. The fourth-order valence-electron chi connectivity index (χ4n) is 3.78. The zero-order valence-corrected chi connectivity index (χ0v) is 21.2. The smallest absolute Gasteiger partial charge is 0.328 e. The summed E-state index contributed by atoms with van der Waals surface area (Å²) < 4.78 is 9.86. The van der Waals surface area contributed by atoms with E-state index in [4.69, 9.17) is 9.47 Å². The molecule has 0 fully saturated rings. The molecule has 1 aliphatic heterocycles. The Labute approximate surface area is 219 Å². The first kappa shape index (κ1) is 28.0. The van der Waals surface area contributed by atoms with E-state index in [9.17, 15) is 28.8 Å². The molecule has 3 rings (SSSR count). The van der Waals surface area contributed by atoms with Crippen LogP contribution < -0.4 is 10.6 Å². The maximum absolute atomic E-state index is 12.7. The monoisotopic (exact) mass is 523 g/mol. The van der Waals surface area contributed by atoms with Gasteiger partial charge in [-0.15, -0.1) is 0 Å². The van der Waals surface area contributed by atoms with Crippen LogP contribution in [0.1, 0.15) is 57.8 Å². The Balaban J connectivity index is 1.52. The summed E-state index contributed by atoms with van der Waals surface area (Å²) in [6, 6.07) is 11.5. The predicted octanol–water partition coefficient (Wildman–Crippen LogP) is 1.97. The van der Waals surface area contributed by atoms with Gasteiger partial charge in [0.25, 0.3) is 17.7 Å². The van der Waals surface area contributed by atoms with Crippen molar-refractivity contribution in [3.8, 4) is 0 Å². The number of Topliss-reactive ketones (excluding diaryl/α,β-unsaturated/α-hetero) is 1. The first-order valence-corrected chi connectivity index (χ1v) is 12.2. The molecular weight excluding hydrogens is 494 g/mol. The van der Waals surface area contributed by atoms with E-state index in [2.05, 4.69) is 10.6 Å². The third-order valence-corrected chi connectivity index (χ3v) is 5.67. The number of nitrogens with one attached hydrogen (secondary N) is 2. The summed E-state index contributed by atoms with van der Waals surface area (Å²) >= 11 is 0. The van der Waals surface area contributed by atoms with Gasteiger partial charge in [-0.05, 0) is 56.7 Å². The van der Waals surface area contributed by atoms with Crippen molar-refractivity contribution in [1.29, 1.82) is 0 Å². The molecule has 1 aliphatic rings. The Morgan fingerprint density at radius 2 is 1.47 bits per heavy atom. The summed E-state index contributed by atoms with van der Waals surface area (Å²) in [5.74, 6) is -3.06. The number of carbonyl (C=O) groups is 6. The molecule has 2 aromatic rings. The maximum atomic E-state index is 12.7. The van der Waals surface area contributed by atoms with E-state index in [-0.39, 0.29) is 61.6 Å². The van der Waals surface area contributed by atoms with Gasteiger partial charge < -0.3 is 20.1 Å². The molecule has 1 atom stereocenters. The molecule has 11 heteroatoms. The molecular formula is C27H29N3O8. The van der Waals surface area contributed by atoms with Crippen LogP contribution in [0.25, 0.3) is 0 Å². The largest absolute Gasteiger partial charge is 0.466 e. The second kappa shape index (κ2) is 13.1. The highest BCUT2D eigenvalue weighted by molar-refractivity contribution is 6.22. The summed E-state index contributed by atoms with van der Waals surface area (Å²) in [5, 5.41) is 5.48. The van der Waals surface area contributed by atoms with E-state index < -0.39 is 35.7 Å². The molecule has 2 N–H and O–H groups in total. The van der Waals surface area contributed by atoms with E-state index in [1.54, 1.807) is 50.2 Å². The lowest BCUT2D eigenvalue weighted by molar-refractivity contribution is -0.146. The Bertz CT molecular complexity index is 1190. The van der Waals surface area contributed by atoms with Crippen LogP contribution >= 0.6 is 0 Å². The molecule has 38 heavy (non-hydrogen) atoms. The second-order valence-corrected chi connectivity index (χ2v) is 8.33. The van der Waals surface area contributed by atoms with Crippen LogP contribution in [-0.2, 0) is 23.9 Å². The number of hydrogen-bond donors (Lipinski definition) is 2. The first-order chi connectivity index (χ1) is 18.2. The van der Waals surface area contributed by atoms with Gasteiger partial charge in [0, 0.05) is 17.7 Å². The normalized spacial score (nSPS) is 12.9. The lowest BCUT2D eigenvalue weighted by atomic mass is 10.1. The van der Waals surface area contributed by atoms with E-state index in [0.29, 0.717) is 5.69 Å². The summed E-state index contributed by atoms with van der Waals surface area (Å²) in [5.41, 5.74) is 1.33. The van der Waals surface area contributed by atoms with Crippen molar-refractivity contribution in [1.82, 2.24) is 10.2 Å². The number of esters is 2. The van der Waals surface area contributed by atoms with Gasteiger partial charge in [-0.1, -0.05) is 12.1 Å². The molecule has 0 spiro atoms. The van der Waals surface area contributed by atoms with Crippen molar-refractivity contribution in [2.75, 3.05) is 31.6 Å². The number of imide groups is 1. The number of rotatable bonds is 13. The topological polar surface area (TPSA) is 148 Å². The molecule has 0 aliphatic carbocycles. The van der Waals surface area contributed by atoms with E-state index in [0.717, 1.165) is 4.90 Å². The van der Waals surface area contributed by atoms with Crippen LogP contribution in [0, 0.1) is 0 Å². The van der Waals surface area contributed by atoms with Crippen molar-refractivity contribution in [3.63, 3.8) is 0 Å². The first-order valence-electron chi connectivity index (χ1n) is 12.2. The minimum absolute atomic E-state index is 0.0261. The lowest BCUT2D eigenvalue weighted by Gasteiger charge is -2.17. The van der Waals surface area contributed by atoms with Crippen molar-refractivity contribution < 1.29 is 38.2 Å². The number of ether oxygens (including phenoxy) is 2. The highest BCUT2D eigenvalue weighted by atomic mass is 16.5. The molecule has 0 saturated heterocycles. The molecule has 0 saturated carbocycles. The van der Waals surface area contributed by atoms with E-state index in [1.807, 2.05) is 0 Å². The number of nitrogens with zero attached hydrogens (tertiary/aromatic N) is 1. The molecule has 1 heterocycles. The van der Waals surface area contributed by atoms with E-state index in [1.165, 1.54) is 12.1 Å². The summed E-state index contributed by atoms with van der Waals surface area (Å²) in [6.07, 6.45) is -0.0343. The Hall–Kier alpha value is -4.54. The number of hydrogen-bond acceptors (Lipinski definition) is 9. The average Bonchev–Trinajstić information content (AvgIpc) is 3.15. The molecule has 3 amide bonds. The van der Waals surface area contributed by atoms with Crippen LogP contribution in [0.3, 0.4) is 0 Å². The van der Waals surface area contributed by atoms with Crippen LogP contribution in [0.4, 0.5) is 5.69 Å². The SMILES string of the molecule is CCOC(=O)CCC(NC(=O)c1ccc(NCC(=O)CN2C(=O)c3ccccc3C2=O)cc1)C(=O)OCC. The molecule has 2 aromatic carbocycles. The molecule has 11 nitrogen and oxygen atoms in total. The molecule has 0 bridgehead atoms. The van der Waals surface area contributed by atoms with Gasteiger partial charge in [-0.2, -0.15) is 0 Å². The predicted molar refractivity (Wildman–Crippen MR) is 136 cm³/mol. The van der Waals surface area contributed by atoms with Gasteiger partial charge >= 0.3 is 11.9 Å². The minimum atomic E-state index is -1.02. The molecule has 0 radical (unpaired) electrons. The second-order valence-electron chi connectivity index (χ2n) is 8.33. The lowest BCUT2D eigenvalue weighted by Crippen LogP contribution is -2.42. The number of benzene rings is 2. The maximum Gasteiger partial charge on any atom is 0.328 e. The number of amides is 3. The van der Waals surface area contributed by atoms with Crippen LogP contribution in [0.2, 0.25) is 0 Å². The standard InChI is InChI=1S/C27H29N3O8/c1-3-37-23(32)14-13-22(27(36)38-4-2)29-24(33)17-9-11-18(12-10-17)28-15-19(31)16-30-25(34)20-7-5-6-8-21(20)26(30)35/h5-12,22,28H,3-4,13-16H2,1-2H3,(H,29,33). The van der Waals surface area contributed by atoms with Gasteiger partial charge in [0.2, 0.25) is 0 Å². The number of anilines is 1. The van der Waals surface area contributed by atoms with Gasteiger partial charge in [-0.25, -0.2) is 4.79 Å². The fraction of sp³-hybridized carbons (Fsp3) is 0.333. The number of ketones is 1. The van der Waals surface area contributed by atoms with Crippen molar-refractivity contribution in [2.45, 2.75) is 32.7 Å². The Morgan fingerprint density at radius 3 is 2.05 bits per heavy atom. The zero-order chi connectivity index (χ0) is 27.7. The third-order valence-electron chi connectivity index (χ3n) is 5.67. The average molecular weight is 524 g/mol. The van der Waals surface area contributed by atoms with Crippen molar-refractivity contribution >= 4 is 41.1 Å². The minimum Gasteiger partial charge on any atom is -0.466 e. The van der Waals surface area contributed by atoms with Gasteiger partial charge in [0.05, 0.1) is 37.4 Å². The van der Waals surface area contributed by atoms with Crippen molar-refractivity contribution in [3.05, 3.63) is 65.2 Å². The Kier molecular flexibility index (Phi) is 9.69. The molecule has 1 unspecified atom stereocenters. The fourth-order valence-corrected chi connectivity index (χ4v) is 3.78. The highest BCUT2D eigenvalue weighted by Crippen LogP contribution is 2.22. The van der Waals surface area contributed by atoms with Gasteiger partial charge in [0.15, 0.2) is 5.78 Å². The van der Waals surface area contributed by atoms with E-state index >= 15 is 0 Å².